The summed E-state index contributed by atoms with van der Waals surface area (Å²) in [7, 11) is -4.37. The van der Waals surface area contributed by atoms with Crippen LogP contribution in [0.4, 0.5) is 5.95 Å². The van der Waals surface area contributed by atoms with Crippen LogP contribution in [0.25, 0.3) is 0 Å². The highest BCUT2D eigenvalue weighted by atomic mass is 79.9. The van der Waals surface area contributed by atoms with E-state index in [4.69, 9.17) is 16.5 Å². The number of amidine groups is 1. The van der Waals surface area contributed by atoms with Crippen molar-refractivity contribution in [2.75, 3.05) is 31.1 Å². The normalized spacial score (nSPS) is 22.4. The Morgan fingerprint density at radius 3 is 2.24 bits per heavy atom. The SMILES string of the molecule is NC1=N[C@]2(C(=NCCS(=O)(=O)O)N1)[C@H](CNC(=O)c1cc(Br)c(Br)[nH]1)Cc1nc(N)[nH]c1[C@@H]2[C@@H](O)CNC(=O)c1cc(Br)c(Br)[nH]1. The summed E-state index contributed by atoms with van der Waals surface area (Å²) in [5, 5.41) is 20.3. The number of aliphatic hydroxyl groups excluding tert-OH is 1. The molecule has 17 nitrogen and oxygen atoms in total. The van der Waals surface area contributed by atoms with Crippen LogP contribution in [0.5, 0.6) is 0 Å². The summed E-state index contributed by atoms with van der Waals surface area (Å²) in [4.78, 5) is 48.4. The summed E-state index contributed by atoms with van der Waals surface area (Å²) >= 11 is 13.3. The van der Waals surface area contributed by atoms with Gasteiger partial charge in [-0.15, -0.1) is 0 Å². The zero-order valence-electron chi connectivity index (χ0n) is 23.4. The largest absolute Gasteiger partial charge is 0.390 e. The molecule has 46 heavy (non-hydrogen) atoms. The van der Waals surface area contributed by atoms with Gasteiger partial charge >= 0.3 is 0 Å². The number of guanidine groups is 1. The molecule has 22 heteroatoms. The second kappa shape index (κ2) is 13.4. The average molecular weight is 917 g/mol. The number of carbonyl (C=O) groups is 2. The Bertz CT molecular complexity index is 1820. The fourth-order valence-corrected chi connectivity index (χ4v) is 7.28. The molecule has 0 radical (unpaired) electrons. The lowest BCUT2D eigenvalue weighted by atomic mass is 9.64. The first-order valence-electron chi connectivity index (χ1n) is 13.4. The number of rotatable bonds is 10. The maximum atomic E-state index is 13.2. The monoisotopic (exact) mass is 913 g/mol. The van der Waals surface area contributed by atoms with Gasteiger partial charge in [0.05, 0.1) is 48.2 Å². The van der Waals surface area contributed by atoms with Crippen LogP contribution >= 0.6 is 63.7 Å². The van der Waals surface area contributed by atoms with Crippen molar-refractivity contribution in [1.82, 2.24) is 35.9 Å². The molecule has 248 valence electrons. The number of nitrogens with two attached hydrogens (primary N) is 2. The number of halogens is 4. The van der Waals surface area contributed by atoms with E-state index in [2.05, 4.69) is 105 Å². The molecule has 1 aliphatic heterocycles. The number of H-pyrrole nitrogens is 3. The van der Waals surface area contributed by atoms with Gasteiger partial charge in [0.2, 0.25) is 0 Å². The third-order valence-corrected chi connectivity index (χ3v) is 11.8. The number of amides is 2. The van der Waals surface area contributed by atoms with Crippen molar-refractivity contribution in [3.8, 4) is 0 Å². The van der Waals surface area contributed by atoms with Gasteiger partial charge in [-0.2, -0.15) is 8.42 Å². The Morgan fingerprint density at radius 2 is 1.67 bits per heavy atom. The summed E-state index contributed by atoms with van der Waals surface area (Å²) in [5.74, 6) is -3.33. The van der Waals surface area contributed by atoms with E-state index in [1.54, 1.807) is 12.1 Å². The van der Waals surface area contributed by atoms with Gasteiger partial charge in [0, 0.05) is 24.7 Å². The minimum Gasteiger partial charge on any atom is -0.390 e. The number of nitrogens with zero attached hydrogens (tertiary/aromatic N) is 3. The van der Waals surface area contributed by atoms with Crippen molar-refractivity contribution in [2.24, 2.45) is 21.6 Å². The first-order valence-corrected chi connectivity index (χ1v) is 18.2. The second-order valence-electron chi connectivity index (χ2n) is 10.5. The van der Waals surface area contributed by atoms with Crippen molar-refractivity contribution in [3.63, 3.8) is 0 Å². The Balaban J connectivity index is 1.54. The van der Waals surface area contributed by atoms with Crippen LogP contribution in [0.15, 0.2) is 40.3 Å². The molecule has 0 saturated heterocycles. The molecule has 0 saturated carbocycles. The van der Waals surface area contributed by atoms with Crippen LogP contribution in [0.2, 0.25) is 0 Å². The first-order chi connectivity index (χ1) is 21.6. The van der Waals surface area contributed by atoms with Crippen molar-refractivity contribution in [1.29, 1.82) is 0 Å². The highest BCUT2D eigenvalue weighted by Gasteiger charge is 2.59. The summed E-state index contributed by atoms with van der Waals surface area (Å²) in [5.41, 5.74) is 12.1. The molecular weight excluding hydrogens is 890 g/mol. The quantitative estimate of drug-likeness (QED) is 0.129. The maximum absolute atomic E-state index is 13.2. The van der Waals surface area contributed by atoms with Gasteiger partial charge in [-0.05, 0) is 82.3 Å². The lowest BCUT2D eigenvalue weighted by molar-refractivity contribution is 0.0768. The highest BCUT2D eigenvalue weighted by molar-refractivity contribution is 9.13. The Hall–Kier alpha value is -2.76. The number of imidazole rings is 1. The Kier molecular flexibility index (Phi) is 10.1. The van der Waals surface area contributed by atoms with E-state index in [1.165, 1.54) is 0 Å². The molecule has 4 heterocycles. The van der Waals surface area contributed by atoms with E-state index in [0.717, 1.165) is 0 Å². The summed E-state index contributed by atoms with van der Waals surface area (Å²) in [6, 6.07) is 3.15. The molecule has 0 bridgehead atoms. The maximum Gasteiger partial charge on any atom is 0.267 e. The molecular formula is C24H27Br4N11O6S. The number of carbonyl (C=O) groups excluding carboxylic acids is 2. The molecule has 0 aromatic carbocycles. The van der Waals surface area contributed by atoms with E-state index in [1.807, 2.05) is 0 Å². The van der Waals surface area contributed by atoms with E-state index < -0.39 is 51.2 Å². The number of hydrogen-bond acceptors (Lipinski definition) is 10. The van der Waals surface area contributed by atoms with Crippen molar-refractivity contribution < 1.29 is 27.7 Å². The van der Waals surface area contributed by atoms with Crippen molar-refractivity contribution in [3.05, 3.63) is 53.1 Å². The van der Waals surface area contributed by atoms with Crippen LogP contribution in [0.3, 0.4) is 0 Å². The lowest BCUT2D eigenvalue weighted by Crippen LogP contribution is -2.60. The summed E-state index contributed by atoms with van der Waals surface area (Å²) in [6.45, 7) is -0.687. The third kappa shape index (κ3) is 7.06. The number of aromatic amines is 3. The van der Waals surface area contributed by atoms with Gasteiger partial charge in [0.1, 0.15) is 22.8 Å². The standard InChI is InChI=1S/C24H27Br4N11O6S/c25-9-4-12(34-17(9)27)19(41)32-6-8-3-11-16(37-22(29)36-11)15(14(40)7-33-20(42)13-5-10(26)18(28)35-13)24(8)21(38-23(30)39-24)31-1-2-46(43,44)45/h4-5,8,14-15,34-35,40H,1-3,6-7H2,(H,32,41)(H,33,42)(H3,29,36,37)(H,43,44,45)(H3,30,31,38,39)/t8-,14-,15-,24+/m0/s1. The number of nitrogen functional groups attached to an aromatic ring is 1. The second-order valence-corrected chi connectivity index (χ2v) is 15.4. The molecule has 0 fully saturated rings. The zero-order valence-corrected chi connectivity index (χ0v) is 30.5. The molecule has 0 unspecified atom stereocenters. The molecule has 2 aliphatic rings. The lowest BCUT2D eigenvalue weighted by Gasteiger charge is -2.45. The molecule has 3 aromatic heterocycles. The minimum absolute atomic E-state index is 0.0326. The molecule has 1 spiro atoms. The number of hydrogen-bond donors (Lipinski definition) is 10. The van der Waals surface area contributed by atoms with Gasteiger partial charge in [-0.25, -0.2) is 9.98 Å². The van der Waals surface area contributed by atoms with Crippen LogP contribution in [0, 0.1) is 5.92 Å². The van der Waals surface area contributed by atoms with Gasteiger partial charge in [0.15, 0.2) is 11.9 Å². The zero-order chi connectivity index (χ0) is 33.6. The van der Waals surface area contributed by atoms with Crippen LogP contribution in [-0.2, 0) is 16.5 Å². The van der Waals surface area contributed by atoms with E-state index in [-0.39, 0.29) is 55.2 Å². The van der Waals surface area contributed by atoms with Gasteiger partial charge in [-0.3, -0.25) is 19.1 Å². The number of anilines is 1. The van der Waals surface area contributed by atoms with Gasteiger partial charge < -0.3 is 47.5 Å². The van der Waals surface area contributed by atoms with E-state index >= 15 is 0 Å². The van der Waals surface area contributed by atoms with Crippen LogP contribution < -0.4 is 27.4 Å². The van der Waals surface area contributed by atoms with Gasteiger partial charge in [-0.1, -0.05) is 0 Å². The molecule has 1 aliphatic carbocycles. The van der Waals surface area contributed by atoms with Gasteiger partial charge in [0.25, 0.3) is 21.9 Å². The minimum atomic E-state index is -4.37. The Labute approximate surface area is 294 Å². The first kappa shape index (κ1) is 34.6. The number of aromatic nitrogens is 4. The fourth-order valence-electron chi connectivity index (χ4n) is 5.65. The van der Waals surface area contributed by atoms with Crippen LogP contribution in [0.1, 0.15) is 38.3 Å². The molecule has 3 aromatic rings. The molecule has 4 atom stereocenters. The van der Waals surface area contributed by atoms with E-state index in [9.17, 15) is 27.7 Å². The molecule has 12 N–H and O–H groups in total. The predicted octanol–water partition coefficient (Wildman–Crippen LogP) is 1.12. The van der Waals surface area contributed by atoms with E-state index in [0.29, 0.717) is 29.5 Å². The van der Waals surface area contributed by atoms with Crippen molar-refractivity contribution in [2.45, 2.75) is 24.0 Å². The average Bonchev–Trinajstić information content (AvgIpc) is 3.70. The smallest absolute Gasteiger partial charge is 0.267 e. The van der Waals surface area contributed by atoms with Crippen LogP contribution in [-0.4, -0.2) is 98.7 Å². The Morgan fingerprint density at radius 1 is 1.07 bits per heavy atom. The fraction of sp³-hybridized carbons (Fsp3) is 0.375. The highest BCUT2D eigenvalue weighted by Crippen LogP contribution is 2.48. The third-order valence-electron chi connectivity index (χ3n) is 7.53. The number of nitrogens with one attached hydrogen (secondary N) is 6. The molecule has 2 amide bonds. The van der Waals surface area contributed by atoms with Crippen molar-refractivity contribution >= 4 is 103 Å². The topological polar surface area (TPSA) is 282 Å². The summed E-state index contributed by atoms with van der Waals surface area (Å²) in [6.07, 6.45) is -1.20. The predicted molar refractivity (Wildman–Crippen MR) is 182 cm³/mol. The number of aliphatic hydroxyl groups is 1. The number of fused-ring (bicyclic) bond motifs is 1. The molecule has 5 rings (SSSR count). The summed E-state index contributed by atoms with van der Waals surface area (Å²) < 4.78 is 34.7. The number of aliphatic imine (C=N–C) groups is 2.